The molecule has 0 fully saturated rings. The van der Waals surface area contributed by atoms with E-state index in [-0.39, 0.29) is 5.95 Å². The van der Waals surface area contributed by atoms with Crippen molar-refractivity contribution in [1.29, 1.82) is 0 Å². The van der Waals surface area contributed by atoms with Crippen molar-refractivity contribution in [2.75, 3.05) is 5.73 Å². The van der Waals surface area contributed by atoms with E-state index in [1.165, 1.54) is 12.3 Å². The Bertz CT molecular complexity index is 447. The van der Waals surface area contributed by atoms with E-state index >= 15 is 0 Å². The summed E-state index contributed by atoms with van der Waals surface area (Å²) in [7, 11) is 0. The molecule has 0 unspecified atom stereocenters. The number of hydrogen-bond acceptors (Lipinski definition) is 2. The number of aromatic nitrogens is 2. The van der Waals surface area contributed by atoms with E-state index in [2.05, 4.69) is 9.97 Å². The summed E-state index contributed by atoms with van der Waals surface area (Å²) in [6.45, 7) is 0. The van der Waals surface area contributed by atoms with Crippen LogP contribution in [0.1, 0.15) is 0 Å². The standard InChI is InChI=1S/C9H7ClFN3/c10-5-2-1-3-6(11)8(5)7-4-13-9(12)14-7/h1-4H,(H3,12,13,14). The van der Waals surface area contributed by atoms with Gasteiger partial charge in [-0.05, 0) is 12.1 Å². The minimum Gasteiger partial charge on any atom is -0.369 e. The van der Waals surface area contributed by atoms with Gasteiger partial charge >= 0.3 is 0 Å². The maximum atomic E-state index is 13.4. The van der Waals surface area contributed by atoms with Crippen LogP contribution in [-0.2, 0) is 0 Å². The Balaban J connectivity index is 2.61. The van der Waals surface area contributed by atoms with Gasteiger partial charge in [-0.2, -0.15) is 0 Å². The molecule has 2 aromatic rings. The molecule has 1 aromatic heterocycles. The van der Waals surface area contributed by atoms with Gasteiger partial charge < -0.3 is 10.7 Å². The Kier molecular flexibility index (Phi) is 2.13. The quantitative estimate of drug-likeness (QED) is 0.761. The fourth-order valence-corrected chi connectivity index (χ4v) is 1.48. The molecule has 0 aliphatic carbocycles. The maximum Gasteiger partial charge on any atom is 0.197 e. The smallest absolute Gasteiger partial charge is 0.197 e. The van der Waals surface area contributed by atoms with Crippen LogP contribution in [0.15, 0.2) is 24.4 Å². The molecule has 0 aliphatic rings. The highest BCUT2D eigenvalue weighted by molar-refractivity contribution is 6.33. The van der Waals surface area contributed by atoms with Gasteiger partial charge in [0.05, 0.1) is 22.5 Å². The number of benzene rings is 1. The predicted octanol–water partition coefficient (Wildman–Crippen LogP) is 2.45. The first-order valence-corrected chi connectivity index (χ1v) is 4.31. The highest BCUT2D eigenvalue weighted by Gasteiger charge is 2.10. The van der Waals surface area contributed by atoms with Crippen LogP contribution < -0.4 is 5.73 Å². The molecule has 0 bridgehead atoms. The van der Waals surface area contributed by atoms with E-state index in [0.29, 0.717) is 16.3 Å². The molecule has 0 atom stereocenters. The second kappa shape index (κ2) is 3.31. The fourth-order valence-electron chi connectivity index (χ4n) is 1.22. The van der Waals surface area contributed by atoms with Crippen LogP contribution in [0.5, 0.6) is 0 Å². The Morgan fingerprint density at radius 2 is 2.21 bits per heavy atom. The second-order valence-corrected chi connectivity index (χ2v) is 3.19. The average molecular weight is 212 g/mol. The van der Waals surface area contributed by atoms with Gasteiger partial charge in [0.2, 0.25) is 0 Å². The second-order valence-electron chi connectivity index (χ2n) is 2.78. The van der Waals surface area contributed by atoms with Gasteiger partial charge in [-0.1, -0.05) is 17.7 Å². The van der Waals surface area contributed by atoms with Crippen LogP contribution in [0.3, 0.4) is 0 Å². The summed E-state index contributed by atoms with van der Waals surface area (Å²) >= 11 is 5.84. The molecule has 0 aliphatic heterocycles. The van der Waals surface area contributed by atoms with Crippen molar-refractivity contribution in [1.82, 2.24) is 9.97 Å². The maximum absolute atomic E-state index is 13.4. The lowest BCUT2D eigenvalue weighted by atomic mass is 10.1. The van der Waals surface area contributed by atoms with E-state index < -0.39 is 5.82 Å². The summed E-state index contributed by atoms with van der Waals surface area (Å²) in [6.07, 6.45) is 1.44. The van der Waals surface area contributed by atoms with E-state index in [1.807, 2.05) is 0 Å². The number of imidazole rings is 1. The molecule has 0 amide bonds. The summed E-state index contributed by atoms with van der Waals surface area (Å²) in [5.74, 6) is -0.166. The number of nitrogens with one attached hydrogen (secondary N) is 1. The van der Waals surface area contributed by atoms with E-state index in [1.54, 1.807) is 12.1 Å². The SMILES string of the molecule is Nc1ncc(-c2c(F)cccc2Cl)[nH]1. The van der Waals surface area contributed by atoms with Crippen LogP contribution >= 0.6 is 11.6 Å². The molecule has 3 N–H and O–H groups in total. The van der Waals surface area contributed by atoms with Gasteiger partial charge in [0, 0.05) is 0 Å². The van der Waals surface area contributed by atoms with E-state index in [9.17, 15) is 4.39 Å². The summed E-state index contributed by atoms with van der Waals surface area (Å²) < 4.78 is 13.4. The topological polar surface area (TPSA) is 54.7 Å². The van der Waals surface area contributed by atoms with Crippen molar-refractivity contribution in [2.24, 2.45) is 0 Å². The molecule has 72 valence electrons. The predicted molar refractivity (Wildman–Crippen MR) is 53.4 cm³/mol. The van der Waals surface area contributed by atoms with Gasteiger partial charge in [-0.15, -0.1) is 0 Å². The summed E-state index contributed by atoms with van der Waals surface area (Å²) in [4.78, 5) is 6.49. The van der Waals surface area contributed by atoms with Gasteiger partial charge in [0.1, 0.15) is 5.82 Å². The van der Waals surface area contributed by atoms with Gasteiger partial charge in [0.25, 0.3) is 0 Å². The Hall–Kier alpha value is -1.55. The van der Waals surface area contributed by atoms with Crippen molar-refractivity contribution in [3.63, 3.8) is 0 Å². The van der Waals surface area contributed by atoms with Crippen molar-refractivity contribution in [3.05, 3.63) is 35.2 Å². The number of nitrogen functional groups attached to an aromatic ring is 1. The van der Waals surface area contributed by atoms with Crippen molar-refractivity contribution in [3.8, 4) is 11.3 Å². The Labute approximate surface area is 84.7 Å². The number of hydrogen-bond donors (Lipinski definition) is 2. The third-order valence-electron chi connectivity index (χ3n) is 1.83. The van der Waals surface area contributed by atoms with Crippen LogP contribution in [0, 0.1) is 5.82 Å². The third kappa shape index (κ3) is 1.44. The first-order valence-electron chi connectivity index (χ1n) is 3.93. The number of nitrogens with two attached hydrogens (primary N) is 1. The summed E-state index contributed by atoms with van der Waals surface area (Å²) in [5.41, 5.74) is 6.15. The monoisotopic (exact) mass is 211 g/mol. The van der Waals surface area contributed by atoms with Gasteiger partial charge in [0.15, 0.2) is 5.95 Å². The molecule has 0 saturated heterocycles. The largest absolute Gasteiger partial charge is 0.369 e. The first kappa shape index (κ1) is 9.02. The Morgan fingerprint density at radius 3 is 2.79 bits per heavy atom. The average Bonchev–Trinajstić information content (AvgIpc) is 2.51. The molecule has 14 heavy (non-hydrogen) atoms. The van der Waals surface area contributed by atoms with E-state index in [0.717, 1.165) is 0 Å². The number of nitrogens with zero attached hydrogens (tertiary/aromatic N) is 1. The van der Waals surface area contributed by atoms with Crippen molar-refractivity contribution >= 4 is 17.5 Å². The van der Waals surface area contributed by atoms with Crippen LogP contribution in [0.25, 0.3) is 11.3 Å². The highest BCUT2D eigenvalue weighted by atomic mass is 35.5. The van der Waals surface area contributed by atoms with E-state index in [4.69, 9.17) is 17.3 Å². The molecule has 5 heteroatoms. The number of rotatable bonds is 1. The molecule has 1 heterocycles. The lowest BCUT2D eigenvalue weighted by Crippen LogP contribution is -1.88. The molecular formula is C9H7ClFN3. The number of aromatic amines is 1. The van der Waals surface area contributed by atoms with Crippen molar-refractivity contribution in [2.45, 2.75) is 0 Å². The third-order valence-corrected chi connectivity index (χ3v) is 2.14. The van der Waals surface area contributed by atoms with Crippen LogP contribution in [0.4, 0.5) is 10.3 Å². The zero-order valence-corrected chi connectivity index (χ0v) is 7.85. The molecular weight excluding hydrogens is 205 g/mol. The summed E-state index contributed by atoms with van der Waals surface area (Å²) in [6, 6.07) is 4.48. The zero-order chi connectivity index (χ0) is 10.1. The number of anilines is 1. The van der Waals surface area contributed by atoms with Gasteiger partial charge in [-0.3, -0.25) is 0 Å². The lowest BCUT2D eigenvalue weighted by Gasteiger charge is -2.01. The number of halogens is 2. The molecule has 2 rings (SSSR count). The molecule has 3 nitrogen and oxygen atoms in total. The Morgan fingerprint density at radius 1 is 1.43 bits per heavy atom. The zero-order valence-electron chi connectivity index (χ0n) is 7.09. The minimum atomic E-state index is -0.402. The lowest BCUT2D eigenvalue weighted by molar-refractivity contribution is 0.631. The fraction of sp³-hybridized carbons (Fsp3) is 0. The molecule has 0 saturated carbocycles. The van der Waals surface area contributed by atoms with Gasteiger partial charge in [-0.25, -0.2) is 9.37 Å². The molecule has 1 aromatic carbocycles. The molecule has 0 spiro atoms. The number of H-pyrrole nitrogens is 1. The van der Waals surface area contributed by atoms with Crippen molar-refractivity contribution < 1.29 is 4.39 Å². The molecule has 0 radical (unpaired) electrons. The highest BCUT2D eigenvalue weighted by Crippen LogP contribution is 2.29. The normalized spacial score (nSPS) is 10.4. The minimum absolute atomic E-state index is 0.235. The van der Waals surface area contributed by atoms with Crippen LogP contribution in [0.2, 0.25) is 5.02 Å². The summed E-state index contributed by atoms with van der Waals surface area (Å²) in [5, 5.41) is 0.327. The first-order chi connectivity index (χ1) is 6.68. The van der Waals surface area contributed by atoms with Crippen LogP contribution in [-0.4, -0.2) is 9.97 Å².